The summed E-state index contributed by atoms with van der Waals surface area (Å²) >= 11 is 0. The lowest BCUT2D eigenvalue weighted by atomic mass is 9.98. The number of halogens is 10. The first-order valence-corrected chi connectivity index (χ1v) is 20.5. The molecule has 0 amide bonds. The summed E-state index contributed by atoms with van der Waals surface area (Å²) in [6.07, 6.45) is -13.3. The number of carbonyl (C=O) groups excluding carboxylic acids is 2. The molecule has 0 radical (unpaired) electrons. The molecule has 0 aliphatic carbocycles. The first-order valence-electron chi connectivity index (χ1n) is 20.5. The number of anilines is 2. The normalized spacial score (nSPS) is 12.5. The lowest BCUT2D eigenvalue weighted by Crippen LogP contribution is -2.21. The highest BCUT2D eigenvalue weighted by Gasteiger charge is 2.36. The fourth-order valence-electron chi connectivity index (χ4n) is 6.41. The van der Waals surface area contributed by atoms with E-state index in [1.807, 2.05) is 0 Å². The van der Waals surface area contributed by atoms with Gasteiger partial charge in [0.1, 0.15) is 24.7 Å². The second-order valence-electron chi connectivity index (χ2n) is 15.2. The van der Waals surface area contributed by atoms with Gasteiger partial charge in [-0.25, -0.2) is 9.59 Å². The number of nitrogen functional groups attached to an aromatic ring is 2. The number of rotatable bonds is 21. The molecule has 0 saturated heterocycles. The fourth-order valence-corrected chi connectivity index (χ4v) is 6.41. The Kier molecular flexibility index (Phi) is 17.1. The fraction of sp³-hybridized carbons (Fsp3) is 0.265. The summed E-state index contributed by atoms with van der Waals surface area (Å²) in [5, 5.41) is 0. The van der Waals surface area contributed by atoms with Crippen molar-refractivity contribution in [3.05, 3.63) is 166 Å². The second kappa shape index (κ2) is 22.5. The zero-order valence-electron chi connectivity index (χ0n) is 35.4. The molecule has 0 bridgehead atoms. The lowest BCUT2D eigenvalue weighted by Gasteiger charge is -2.19. The van der Waals surface area contributed by atoms with Crippen LogP contribution in [0.15, 0.2) is 127 Å². The molecule has 0 aliphatic rings. The molecule has 0 saturated carbocycles. The first-order chi connectivity index (χ1) is 31.5. The van der Waals surface area contributed by atoms with Crippen molar-refractivity contribution in [3.8, 4) is 11.5 Å². The molecule has 0 aromatic heterocycles. The molecule has 0 unspecified atom stereocenters. The molecular weight excluding hydrogens is 903 g/mol. The summed E-state index contributed by atoms with van der Waals surface area (Å²) in [6.45, 7) is -0.648. The number of nitrogens with two attached hydrogens (primary N) is 2. The topological polar surface area (TPSA) is 123 Å². The summed E-state index contributed by atoms with van der Waals surface area (Å²) in [7, 11) is 0. The van der Waals surface area contributed by atoms with Crippen molar-refractivity contribution in [1.82, 2.24) is 0 Å². The van der Waals surface area contributed by atoms with Crippen LogP contribution in [-0.2, 0) is 44.1 Å². The average molecular weight is 947 g/mol. The monoisotopic (exact) mass is 946 g/mol. The van der Waals surface area contributed by atoms with Crippen molar-refractivity contribution in [2.45, 2.75) is 69.0 Å². The van der Waals surface area contributed by atoms with Gasteiger partial charge >= 0.3 is 36.5 Å². The Hall–Kier alpha value is -6.98. The summed E-state index contributed by atoms with van der Waals surface area (Å²) in [5.74, 6) is -2.84. The Bertz CT molecular complexity index is 2310. The van der Waals surface area contributed by atoms with Crippen molar-refractivity contribution in [2.24, 2.45) is 0 Å². The molecule has 67 heavy (non-hydrogen) atoms. The highest BCUT2D eigenvalue weighted by atomic mass is 19.4. The molecule has 0 aliphatic heterocycles. The predicted molar refractivity (Wildman–Crippen MR) is 231 cm³/mol. The van der Waals surface area contributed by atoms with Crippen molar-refractivity contribution >= 4 is 35.5 Å². The largest absolute Gasteiger partial charge is 0.462 e. The standard InChI is InChI=1S/C49H44F10N2O6/c50-46(51,52)27-1-3-32-9-20-40(21-10-32)66-48(56,57)37-15-5-34(6-16-37)13-25-44(62)64-30-36(42-24-19-39(60)29-43(42)61)31-65-45(63)26-14-35-7-17-38(18-8-35)49(58,59)67-41-22-11-33(12-23-41)4-2-28-47(53,54)55/h5-26,29,36H,1-4,27-28,30-31,60-61H2/b25-13+,26-14+. The van der Waals surface area contributed by atoms with Crippen LogP contribution >= 0.6 is 0 Å². The molecule has 0 atom stereocenters. The Morgan fingerprint density at radius 3 is 1.27 bits per heavy atom. The van der Waals surface area contributed by atoms with E-state index in [2.05, 4.69) is 0 Å². The number of alkyl halides is 10. The van der Waals surface area contributed by atoms with E-state index in [0.29, 0.717) is 33.5 Å². The number of carbonyl (C=O) groups is 2. The number of aryl methyl sites for hydroxylation is 2. The maximum absolute atomic E-state index is 14.9. The van der Waals surface area contributed by atoms with Gasteiger partial charge in [0.05, 0.1) is 17.0 Å². The smallest absolute Gasteiger partial charge is 0.426 e. The number of esters is 2. The maximum atomic E-state index is 14.9. The van der Waals surface area contributed by atoms with Gasteiger partial charge in [-0.2, -0.15) is 43.9 Å². The molecule has 5 rings (SSSR count). The molecule has 0 fully saturated rings. The van der Waals surface area contributed by atoms with Crippen LogP contribution in [-0.4, -0.2) is 37.5 Å². The highest BCUT2D eigenvalue weighted by Crippen LogP contribution is 2.34. The summed E-state index contributed by atoms with van der Waals surface area (Å²) in [6, 6.07) is 24.8. The van der Waals surface area contributed by atoms with E-state index in [1.165, 1.54) is 91.0 Å². The van der Waals surface area contributed by atoms with E-state index >= 15 is 0 Å². The molecule has 5 aromatic carbocycles. The number of ether oxygens (including phenoxy) is 4. The van der Waals surface area contributed by atoms with E-state index in [-0.39, 0.29) is 56.1 Å². The minimum absolute atomic E-state index is 0.117. The van der Waals surface area contributed by atoms with Crippen LogP contribution in [0.5, 0.6) is 11.5 Å². The van der Waals surface area contributed by atoms with Crippen LogP contribution in [0.3, 0.4) is 0 Å². The van der Waals surface area contributed by atoms with Crippen molar-refractivity contribution in [2.75, 3.05) is 24.7 Å². The Balaban J connectivity index is 1.11. The minimum Gasteiger partial charge on any atom is -0.462 e. The molecular formula is C49H44F10N2O6. The van der Waals surface area contributed by atoms with Gasteiger partial charge in [-0.1, -0.05) is 54.6 Å². The van der Waals surface area contributed by atoms with Gasteiger partial charge in [-0.05, 0) is 126 Å². The second-order valence-corrected chi connectivity index (χ2v) is 15.2. The molecule has 0 spiro atoms. The molecule has 4 N–H and O–H groups in total. The third-order valence-corrected chi connectivity index (χ3v) is 9.91. The van der Waals surface area contributed by atoms with Crippen LogP contribution in [0.25, 0.3) is 12.2 Å². The Labute approximate surface area is 378 Å². The van der Waals surface area contributed by atoms with Crippen LogP contribution < -0.4 is 20.9 Å². The zero-order chi connectivity index (χ0) is 48.8. The number of hydrogen-bond donors (Lipinski definition) is 2. The van der Waals surface area contributed by atoms with E-state index in [1.54, 1.807) is 12.1 Å². The van der Waals surface area contributed by atoms with E-state index in [0.717, 1.165) is 36.4 Å². The van der Waals surface area contributed by atoms with Gasteiger partial charge in [-0.15, -0.1) is 0 Å². The summed E-state index contributed by atoms with van der Waals surface area (Å²) < 4.78 is 155. The van der Waals surface area contributed by atoms with E-state index in [4.69, 9.17) is 30.4 Å². The predicted octanol–water partition coefficient (Wildman–Crippen LogP) is 12.5. The molecule has 356 valence electrons. The summed E-state index contributed by atoms with van der Waals surface area (Å²) in [5.41, 5.74) is 13.8. The number of benzene rings is 5. The summed E-state index contributed by atoms with van der Waals surface area (Å²) in [4.78, 5) is 25.5. The van der Waals surface area contributed by atoms with Crippen LogP contribution in [0.4, 0.5) is 55.3 Å². The van der Waals surface area contributed by atoms with Crippen molar-refractivity contribution in [3.63, 3.8) is 0 Å². The Morgan fingerprint density at radius 2 is 0.910 bits per heavy atom. The SMILES string of the molecule is Nc1ccc(C(COC(=O)/C=C/c2ccc(C(F)(F)Oc3ccc(CCCC(F)(F)F)cc3)cc2)COC(=O)/C=C/c2ccc(C(F)(F)Oc3ccc(CCCC(F)(F)F)cc3)cc2)c(N)c1. The Morgan fingerprint density at radius 1 is 0.522 bits per heavy atom. The van der Waals surface area contributed by atoms with Gasteiger partial charge < -0.3 is 30.4 Å². The molecule has 0 heterocycles. The van der Waals surface area contributed by atoms with Gasteiger partial charge in [-0.3, -0.25) is 0 Å². The van der Waals surface area contributed by atoms with E-state index < -0.39 is 66.4 Å². The van der Waals surface area contributed by atoms with Crippen molar-refractivity contribution in [1.29, 1.82) is 0 Å². The average Bonchev–Trinajstić information content (AvgIpc) is 3.26. The molecule has 8 nitrogen and oxygen atoms in total. The number of hydrogen-bond acceptors (Lipinski definition) is 8. The quantitative estimate of drug-likeness (QED) is 0.0323. The maximum Gasteiger partial charge on any atom is 0.426 e. The zero-order valence-corrected chi connectivity index (χ0v) is 35.4. The highest BCUT2D eigenvalue weighted by molar-refractivity contribution is 5.87. The minimum atomic E-state index is -4.28. The van der Waals surface area contributed by atoms with Gasteiger partial charge in [0.25, 0.3) is 0 Å². The van der Waals surface area contributed by atoms with Crippen LogP contribution in [0, 0.1) is 0 Å². The first kappa shape index (κ1) is 51.0. The molecule has 5 aromatic rings. The van der Waals surface area contributed by atoms with Gasteiger partial charge in [0.2, 0.25) is 0 Å². The lowest BCUT2D eigenvalue weighted by molar-refractivity contribution is -0.186. The molecule has 18 heteroatoms. The third kappa shape index (κ3) is 17.1. The van der Waals surface area contributed by atoms with E-state index in [9.17, 15) is 53.5 Å². The third-order valence-electron chi connectivity index (χ3n) is 9.91. The van der Waals surface area contributed by atoms with Gasteiger partial charge in [0.15, 0.2) is 0 Å². The van der Waals surface area contributed by atoms with Crippen LogP contribution in [0.2, 0.25) is 0 Å². The van der Waals surface area contributed by atoms with Gasteiger partial charge in [0, 0.05) is 36.4 Å². The van der Waals surface area contributed by atoms with Crippen molar-refractivity contribution < 1.29 is 72.4 Å². The van der Waals surface area contributed by atoms with Crippen LogP contribution in [0.1, 0.15) is 70.5 Å².